The van der Waals surface area contributed by atoms with Gasteiger partial charge in [-0.1, -0.05) is 12.8 Å². The summed E-state index contributed by atoms with van der Waals surface area (Å²) in [5, 5.41) is 14.2. The number of halogens is 1. The Labute approximate surface area is 111 Å². The first-order valence-corrected chi connectivity index (χ1v) is 7.24. The first kappa shape index (κ1) is 13.1. The number of nitrogens with zero attached hydrogens (tertiary/aromatic N) is 2. The Bertz CT molecular complexity index is 394. The zero-order chi connectivity index (χ0) is 12.5. The fourth-order valence-electron chi connectivity index (χ4n) is 2.91. The van der Waals surface area contributed by atoms with Gasteiger partial charge in [-0.05, 0) is 54.5 Å². The Morgan fingerprint density at radius 1 is 1.41 bits per heavy atom. The van der Waals surface area contributed by atoms with Crippen LogP contribution in [0.1, 0.15) is 44.0 Å². The molecule has 3 nitrogen and oxygen atoms in total. The SMILES string of the molecule is CCn1nc(C)c(Br)c1CC1(CO)CCCC1. The van der Waals surface area contributed by atoms with Gasteiger partial charge in [0.1, 0.15) is 0 Å². The molecule has 0 spiro atoms. The summed E-state index contributed by atoms with van der Waals surface area (Å²) >= 11 is 3.64. The van der Waals surface area contributed by atoms with Crippen LogP contribution < -0.4 is 0 Å². The number of aromatic nitrogens is 2. The summed E-state index contributed by atoms with van der Waals surface area (Å²) in [5.41, 5.74) is 2.40. The van der Waals surface area contributed by atoms with E-state index in [1.54, 1.807) is 0 Å². The Kier molecular flexibility index (Phi) is 3.93. The highest BCUT2D eigenvalue weighted by atomic mass is 79.9. The second-order valence-electron chi connectivity index (χ2n) is 5.20. The molecular weight excluding hydrogens is 280 g/mol. The Morgan fingerprint density at radius 2 is 2.06 bits per heavy atom. The molecule has 0 atom stereocenters. The minimum Gasteiger partial charge on any atom is -0.396 e. The average molecular weight is 301 g/mol. The van der Waals surface area contributed by atoms with Crippen LogP contribution in [0.25, 0.3) is 0 Å². The number of rotatable bonds is 4. The molecule has 4 heteroatoms. The Morgan fingerprint density at radius 3 is 2.59 bits per heavy atom. The van der Waals surface area contributed by atoms with Gasteiger partial charge in [0.15, 0.2) is 0 Å². The molecule has 1 N–H and O–H groups in total. The summed E-state index contributed by atoms with van der Waals surface area (Å²) in [6.45, 7) is 5.33. The van der Waals surface area contributed by atoms with Crippen molar-refractivity contribution in [1.82, 2.24) is 9.78 Å². The molecule has 0 amide bonds. The van der Waals surface area contributed by atoms with E-state index in [0.717, 1.165) is 36.0 Å². The Balaban J connectivity index is 2.28. The van der Waals surface area contributed by atoms with Crippen LogP contribution in [0.15, 0.2) is 4.47 Å². The van der Waals surface area contributed by atoms with E-state index in [9.17, 15) is 5.11 Å². The molecule has 96 valence electrons. The highest BCUT2D eigenvalue weighted by Crippen LogP contribution is 2.41. The van der Waals surface area contributed by atoms with Crippen molar-refractivity contribution in [3.8, 4) is 0 Å². The van der Waals surface area contributed by atoms with Crippen LogP contribution in [0.5, 0.6) is 0 Å². The summed E-state index contributed by atoms with van der Waals surface area (Å²) in [4.78, 5) is 0. The quantitative estimate of drug-likeness (QED) is 0.928. The second kappa shape index (κ2) is 5.11. The van der Waals surface area contributed by atoms with E-state index in [4.69, 9.17) is 0 Å². The average Bonchev–Trinajstić information content (AvgIpc) is 2.90. The van der Waals surface area contributed by atoms with Crippen molar-refractivity contribution in [2.24, 2.45) is 5.41 Å². The molecule has 0 unspecified atom stereocenters. The van der Waals surface area contributed by atoms with E-state index < -0.39 is 0 Å². The summed E-state index contributed by atoms with van der Waals surface area (Å²) in [6.07, 6.45) is 5.72. The summed E-state index contributed by atoms with van der Waals surface area (Å²) in [6, 6.07) is 0. The molecule has 1 aliphatic carbocycles. The molecule has 0 radical (unpaired) electrons. The maximum absolute atomic E-state index is 9.69. The number of hydrogen-bond acceptors (Lipinski definition) is 2. The highest BCUT2D eigenvalue weighted by Gasteiger charge is 2.35. The molecule has 1 aliphatic rings. The number of aryl methyl sites for hydroxylation is 2. The smallest absolute Gasteiger partial charge is 0.0738 e. The van der Waals surface area contributed by atoms with Gasteiger partial charge >= 0.3 is 0 Å². The molecule has 2 rings (SSSR count). The van der Waals surface area contributed by atoms with E-state index in [1.807, 2.05) is 6.92 Å². The van der Waals surface area contributed by atoms with Crippen molar-refractivity contribution < 1.29 is 5.11 Å². The molecule has 1 aromatic rings. The molecule has 0 aliphatic heterocycles. The van der Waals surface area contributed by atoms with Crippen LogP contribution in [-0.2, 0) is 13.0 Å². The van der Waals surface area contributed by atoms with Crippen LogP contribution in [0.4, 0.5) is 0 Å². The molecule has 0 saturated heterocycles. The van der Waals surface area contributed by atoms with Gasteiger partial charge in [-0.25, -0.2) is 0 Å². The zero-order valence-electron chi connectivity index (χ0n) is 10.7. The van der Waals surface area contributed by atoms with Gasteiger partial charge in [-0.3, -0.25) is 4.68 Å². The predicted octanol–water partition coefficient (Wildman–Crippen LogP) is 3.07. The number of aliphatic hydroxyl groups excluding tert-OH is 1. The van der Waals surface area contributed by atoms with Gasteiger partial charge in [0.2, 0.25) is 0 Å². The van der Waals surface area contributed by atoms with Crippen LogP contribution in [-0.4, -0.2) is 21.5 Å². The minimum atomic E-state index is 0.0991. The van der Waals surface area contributed by atoms with Crippen molar-refractivity contribution in [1.29, 1.82) is 0 Å². The monoisotopic (exact) mass is 300 g/mol. The van der Waals surface area contributed by atoms with Crippen molar-refractivity contribution in [2.75, 3.05) is 6.61 Å². The van der Waals surface area contributed by atoms with E-state index in [-0.39, 0.29) is 5.41 Å². The van der Waals surface area contributed by atoms with Gasteiger partial charge in [-0.15, -0.1) is 0 Å². The largest absolute Gasteiger partial charge is 0.396 e. The van der Waals surface area contributed by atoms with Crippen molar-refractivity contribution in [2.45, 2.75) is 52.5 Å². The molecule has 1 heterocycles. The van der Waals surface area contributed by atoms with E-state index in [0.29, 0.717) is 6.61 Å². The number of aliphatic hydroxyl groups is 1. The van der Waals surface area contributed by atoms with Gasteiger partial charge in [0, 0.05) is 13.2 Å². The molecule has 0 bridgehead atoms. The van der Waals surface area contributed by atoms with Crippen LogP contribution in [0.3, 0.4) is 0 Å². The lowest BCUT2D eigenvalue weighted by Gasteiger charge is -2.26. The minimum absolute atomic E-state index is 0.0991. The van der Waals surface area contributed by atoms with E-state index >= 15 is 0 Å². The lowest BCUT2D eigenvalue weighted by atomic mass is 9.82. The van der Waals surface area contributed by atoms with Gasteiger partial charge in [0.25, 0.3) is 0 Å². The lowest BCUT2D eigenvalue weighted by molar-refractivity contribution is 0.128. The molecule has 0 aromatic carbocycles. The fraction of sp³-hybridized carbons (Fsp3) is 0.769. The third-order valence-corrected chi connectivity index (χ3v) is 5.03. The first-order valence-electron chi connectivity index (χ1n) is 6.44. The third kappa shape index (κ3) is 2.43. The van der Waals surface area contributed by atoms with Crippen LogP contribution in [0.2, 0.25) is 0 Å². The second-order valence-corrected chi connectivity index (χ2v) is 6.00. The molecule has 1 fully saturated rings. The topological polar surface area (TPSA) is 38.0 Å². The number of hydrogen-bond donors (Lipinski definition) is 1. The van der Waals surface area contributed by atoms with Gasteiger partial charge < -0.3 is 5.11 Å². The van der Waals surface area contributed by atoms with E-state index in [1.165, 1.54) is 18.5 Å². The standard InChI is InChI=1S/C13H21BrN2O/c1-3-16-11(12(14)10(2)15-16)8-13(9-17)6-4-5-7-13/h17H,3-9H2,1-2H3. The van der Waals surface area contributed by atoms with Crippen LogP contribution in [0, 0.1) is 12.3 Å². The summed E-state index contributed by atoms with van der Waals surface area (Å²) in [5.74, 6) is 0. The van der Waals surface area contributed by atoms with Gasteiger partial charge in [0.05, 0.1) is 15.9 Å². The predicted molar refractivity (Wildman–Crippen MR) is 72.0 cm³/mol. The van der Waals surface area contributed by atoms with Gasteiger partial charge in [-0.2, -0.15) is 5.10 Å². The highest BCUT2D eigenvalue weighted by molar-refractivity contribution is 9.10. The maximum atomic E-state index is 9.69. The van der Waals surface area contributed by atoms with Crippen molar-refractivity contribution in [3.63, 3.8) is 0 Å². The Hall–Kier alpha value is -0.350. The van der Waals surface area contributed by atoms with Crippen LogP contribution >= 0.6 is 15.9 Å². The van der Waals surface area contributed by atoms with Crippen molar-refractivity contribution in [3.05, 3.63) is 15.9 Å². The van der Waals surface area contributed by atoms with E-state index in [2.05, 4.69) is 32.6 Å². The molecule has 17 heavy (non-hydrogen) atoms. The summed E-state index contributed by atoms with van der Waals surface area (Å²) in [7, 11) is 0. The third-order valence-electron chi connectivity index (χ3n) is 3.99. The lowest BCUT2D eigenvalue weighted by Crippen LogP contribution is -2.26. The zero-order valence-corrected chi connectivity index (χ0v) is 12.3. The normalized spacial score (nSPS) is 18.8. The first-order chi connectivity index (χ1) is 8.12. The van der Waals surface area contributed by atoms with Crippen molar-refractivity contribution >= 4 is 15.9 Å². The molecule has 1 aromatic heterocycles. The fourth-order valence-corrected chi connectivity index (χ4v) is 3.33. The maximum Gasteiger partial charge on any atom is 0.0738 e. The molecular formula is C13H21BrN2O. The molecule has 1 saturated carbocycles. The summed E-state index contributed by atoms with van der Waals surface area (Å²) < 4.78 is 3.19.